The Morgan fingerprint density at radius 3 is 2.06 bits per heavy atom. The van der Waals surface area contributed by atoms with Crippen LogP contribution in [-0.2, 0) is 0 Å². The first kappa shape index (κ1) is 11.9. The minimum Gasteiger partial charge on any atom is -0.508 e. The third-order valence-electron chi connectivity index (χ3n) is 4.09. The molecule has 1 aliphatic carbocycles. The molecule has 1 unspecified atom stereocenters. The van der Waals surface area contributed by atoms with E-state index < -0.39 is 6.17 Å². The fourth-order valence-corrected chi connectivity index (χ4v) is 3.18. The van der Waals surface area contributed by atoms with Crippen LogP contribution in [-0.4, -0.2) is 37.7 Å². The summed E-state index contributed by atoms with van der Waals surface area (Å²) >= 11 is 0. The van der Waals surface area contributed by atoms with Crippen molar-refractivity contribution in [2.75, 3.05) is 0 Å². The molecule has 5 heteroatoms. The van der Waals surface area contributed by atoms with Crippen molar-refractivity contribution < 1.29 is 15.5 Å². The van der Waals surface area contributed by atoms with Crippen molar-refractivity contribution in [1.29, 1.82) is 0 Å². The number of nitrogens with zero attached hydrogens (tertiary/aromatic N) is 2. The van der Waals surface area contributed by atoms with E-state index in [1.807, 2.05) is 0 Å². The van der Waals surface area contributed by atoms with E-state index in [0.29, 0.717) is 5.56 Å². The fraction of sp³-hybridized carbons (Fsp3) is 0.538. The Bertz CT molecular complexity index is 422. The minimum absolute atomic E-state index is 0.0478. The van der Waals surface area contributed by atoms with Crippen LogP contribution in [0.2, 0.25) is 0 Å². The zero-order valence-corrected chi connectivity index (χ0v) is 10.1. The highest BCUT2D eigenvalue weighted by Crippen LogP contribution is 2.42. The zero-order valence-electron chi connectivity index (χ0n) is 10.1. The molecule has 3 rings (SSSR count). The second-order valence-corrected chi connectivity index (χ2v) is 5.11. The SMILES string of the molecule is Oc1ccccc1C1N(O)[C@@H]2CCCC[C@@H]2N1O. The van der Waals surface area contributed by atoms with Crippen LogP contribution in [0, 0.1) is 0 Å². The molecule has 18 heavy (non-hydrogen) atoms. The Morgan fingerprint density at radius 2 is 1.50 bits per heavy atom. The molecule has 0 amide bonds. The molecule has 1 aromatic rings. The number of hydrogen-bond acceptors (Lipinski definition) is 5. The van der Waals surface area contributed by atoms with Gasteiger partial charge < -0.3 is 15.5 Å². The van der Waals surface area contributed by atoms with Gasteiger partial charge in [0.05, 0.1) is 12.1 Å². The van der Waals surface area contributed by atoms with E-state index in [0.717, 1.165) is 25.7 Å². The van der Waals surface area contributed by atoms with Crippen LogP contribution >= 0.6 is 0 Å². The molecule has 5 nitrogen and oxygen atoms in total. The third kappa shape index (κ3) is 1.71. The highest BCUT2D eigenvalue weighted by Gasteiger charge is 2.48. The van der Waals surface area contributed by atoms with Crippen molar-refractivity contribution in [1.82, 2.24) is 10.1 Å². The Hall–Kier alpha value is -1.14. The molecule has 0 aromatic heterocycles. The lowest BCUT2D eigenvalue weighted by molar-refractivity contribution is -0.211. The smallest absolute Gasteiger partial charge is 0.139 e. The van der Waals surface area contributed by atoms with Crippen LogP contribution in [0.5, 0.6) is 5.75 Å². The average molecular weight is 250 g/mol. The molecule has 0 radical (unpaired) electrons. The predicted octanol–water partition coefficient (Wildman–Crippen LogP) is 2.10. The van der Waals surface area contributed by atoms with Crippen LogP contribution in [0.25, 0.3) is 0 Å². The lowest BCUT2D eigenvalue weighted by Crippen LogP contribution is -2.37. The molecule has 0 bridgehead atoms. The quantitative estimate of drug-likeness (QED) is 0.712. The molecule has 1 saturated carbocycles. The first-order chi connectivity index (χ1) is 8.70. The van der Waals surface area contributed by atoms with Crippen LogP contribution in [0.1, 0.15) is 37.4 Å². The van der Waals surface area contributed by atoms with E-state index in [-0.39, 0.29) is 17.8 Å². The Kier molecular flexibility index (Phi) is 2.99. The fourth-order valence-electron chi connectivity index (χ4n) is 3.18. The molecule has 1 saturated heterocycles. The number of phenols is 1. The summed E-state index contributed by atoms with van der Waals surface area (Å²) in [5, 5.41) is 32.8. The lowest BCUT2D eigenvalue weighted by Gasteiger charge is -2.27. The first-order valence-electron chi connectivity index (χ1n) is 6.42. The molecular weight excluding hydrogens is 232 g/mol. The summed E-state index contributed by atoms with van der Waals surface area (Å²) in [6.45, 7) is 0. The highest BCUT2D eigenvalue weighted by atomic mass is 16.6. The van der Waals surface area contributed by atoms with Crippen LogP contribution in [0.15, 0.2) is 24.3 Å². The van der Waals surface area contributed by atoms with E-state index in [2.05, 4.69) is 0 Å². The molecule has 2 aliphatic rings. The number of hydrogen-bond donors (Lipinski definition) is 3. The summed E-state index contributed by atoms with van der Waals surface area (Å²) in [5.41, 5.74) is 0.539. The Labute approximate surface area is 106 Å². The monoisotopic (exact) mass is 250 g/mol. The summed E-state index contributed by atoms with van der Waals surface area (Å²) in [4.78, 5) is 0. The second-order valence-electron chi connectivity index (χ2n) is 5.11. The molecule has 1 aliphatic heterocycles. The number of rotatable bonds is 1. The van der Waals surface area contributed by atoms with Crippen LogP contribution < -0.4 is 0 Å². The molecule has 3 atom stereocenters. The van der Waals surface area contributed by atoms with Gasteiger partial charge in [-0.15, -0.1) is 0 Å². The predicted molar refractivity (Wildman–Crippen MR) is 64.1 cm³/mol. The van der Waals surface area contributed by atoms with Gasteiger partial charge in [0.15, 0.2) is 0 Å². The largest absolute Gasteiger partial charge is 0.508 e. The van der Waals surface area contributed by atoms with Crippen LogP contribution in [0.3, 0.4) is 0 Å². The van der Waals surface area contributed by atoms with Gasteiger partial charge in [-0.3, -0.25) is 0 Å². The number of para-hydroxylation sites is 1. The maximum atomic E-state index is 10.3. The van der Waals surface area contributed by atoms with Gasteiger partial charge in [0, 0.05) is 5.56 Å². The number of aromatic hydroxyl groups is 1. The summed E-state index contributed by atoms with van der Waals surface area (Å²) in [6, 6.07) is 6.72. The van der Waals surface area contributed by atoms with Gasteiger partial charge in [-0.05, 0) is 18.9 Å². The van der Waals surface area contributed by atoms with Crippen molar-refractivity contribution >= 4 is 0 Å². The third-order valence-corrected chi connectivity index (χ3v) is 4.09. The van der Waals surface area contributed by atoms with Gasteiger partial charge >= 0.3 is 0 Å². The van der Waals surface area contributed by atoms with Gasteiger partial charge in [-0.25, -0.2) is 0 Å². The minimum atomic E-state index is -0.667. The number of hydroxylamine groups is 4. The number of phenolic OH excluding ortho intramolecular Hbond substituents is 1. The van der Waals surface area contributed by atoms with Gasteiger partial charge in [0.2, 0.25) is 0 Å². The number of benzene rings is 1. The van der Waals surface area contributed by atoms with Crippen LogP contribution in [0.4, 0.5) is 0 Å². The molecule has 98 valence electrons. The van der Waals surface area contributed by atoms with Crippen molar-refractivity contribution in [3.8, 4) is 5.75 Å². The maximum absolute atomic E-state index is 10.3. The zero-order chi connectivity index (χ0) is 12.7. The molecular formula is C13H18N2O3. The number of fused-ring (bicyclic) bond motifs is 1. The van der Waals surface area contributed by atoms with Gasteiger partial charge in [0.25, 0.3) is 0 Å². The van der Waals surface area contributed by atoms with E-state index in [1.165, 1.54) is 10.1 Å². The van der Waals surface area contributed by atoms with E-state index in [1.54, 1.807) is 24.3 Å². The summed E-state index contributed by atoms with van der Waals surface area (Å²) in [6.07, 6.45) is 3.23. The standard InChI is InChI=1S/C13H18N2O3/c16-12-8-4-1-5-9(12)13-14(17)10-6-2-3-7-11(10)15(13)18/h1,4-5,8,10-11,13,16-18H,2-3,6-7H2/t10-,11+,13?. The Morgan fingerprint density at radius 1 is 0.944 bits per heavy atom. The average Bonchev–Trinajstić information content (AvgIpc) is 2.64. The topological polar surface area (TPSA) is 67.2 Å². The second kappa shape index (κ2) is 4.51. The van der Waals surface area contributed by atoms with Crippen molar-refractivity contribution in [3.05, 3.63) is 29.8 Å². The van der Waals surface area contributed by atoms with Crippen molar-refractivity contribution in [2.24, 2.45) is 0 Å². The molecule has 1 aromatic carbocycles. The van der Waals surface area contributed by atoms with E-state index in [4.69, 9.17) is 0 Å². The van der Waals surface area contributed by atoms with E-state index in [9.17, 15) is 15.5 Å². The highest BCUT2D eigenvalue weighted by molar-refractivity contribution is 5.34. The van der Waals surface area contributed by atoms with Crippen molar-refractivity contribution in [2.45, 2.75) is 43.9 Å². The molecule has 0 spiro atoms. The normalized spacial score (nSPS) is 33.6. The molecule has 3 N–H and O–H groups in total. The Balaban J connectivity index is 1.95. The maximum Gasteiger partial charge on any atom is 0.139 e. The van der Waals surface area contributed by atoms with Gasteiger partial charge in [0.1, 0.15) is 11.9 Å². The van der Waals surface area contributed by atoms with E-state index >= 15 is 0 Å². The van der Waals surface area contributed by atoms with Gasteiger partial charge in [-0.1, -0.05) is 31.0 Å². The summed E-state index contributed by atoms with van der Waals surface area (Å²) in [7, 11) is 0. The summed E-state index contributed by atoms with van der Waals surface area (Å²) in [5.74, 6) is 0.0965. The molecule has 1 heterocycles. The van der Waals surface area contributed by atoms with Gasteiger partial charge in [-0.2, -0.15) is 10.1 Å². The molecule has 2 fully saturated rings. The lowest BCUT2D eigenvalue weighted by atomic mass is 9.91. The summed E-state index contributed by atoms with van der Waals surface area (Å²) < 4.78 is 0. The van der Waals surface area contributed by atoms with Crippen molar-refractivity contribution in [3.63, 3.8) is 0 Å². The first-order valence-corrected chi connectivity index (χ1v) is 6.42.